The third-order valence-electron chi connectivity index (χ3n) is 6.24. The first kappa shape index (κ1) is 16.1. The first-order valence-electron chi connectivity index (χ1n) is 9.22. The average Bonchev–Trinajstić information content (AvgIpc) is 2.82. The summed E-state index contributed by atoms with van der Waals surface area (Å²) in [6.45, 7) is 6.26. The van der Waals surface area contributed by atoms with Gasteiger partial charge in [0.15, 0.2) is 0 Å². The molecule has 0 aromatic carbocycles. The van der Waals surface area contributed by atoms with Gasteiger partial charge in [0.25, 0.3) is 0 Å². The Morgan fingerprint density at radius 3 is 2.54 bits per heavy atom. The lowest BCUT2D eigenvalue weighted by Gasteiger charge is -2.60. The summed E-state index contributed by atoms with van der Waals surface area (Å²) in [5, 5.41) is 18.2. The van der Waals surface area contributed by atoms with Gasteiger partial charge in [0.1, 0.15) is 0 Å². The predicted molar refractivity (Wildman–Crippen MR) is 92.5 cm³/mol. The normalized spacial score (nSPS) is 37.7. The fourth-order valence-electron chi connectivity index (χ4n) is 5.91. The Hall–Kier alpha value is -1.36. The lowest BCUT2D eigenvalue weighted by molar-refractivity contribution is -0.167. The highest BCUT2D eigenvalue weighted by molar-refractivity contribution is 5.90. The van der Waals surface area contributed by atoms with Crippen LogP contribution < -0.4 is 5.32 Å². The second-order valence-electron chi connectivity index (χ2n) is 9.75. The number of anilines is 1. The molecule has 1 heterocycles. The van der Waals surface area contributed by atoms with Gasteiger partial charge in [-0.05, 0) is 76.5 Å². The summed E-state index contributed by atoms with van der Waals surface area (Å²) in [6.07, 6.45) is 10.3. The van der Waals surface area contributed by atoms with Crippen LogP contribution >= 0.6 is 0 Å². The molecule has 0 radical (unpaired) electrons. The number of amides is 1. The summed E-state index contributed by atoms with van der Waals surface area (Å²) < 4.78 is 1.87. The van der Waals surface area contributed by atoms with Crippen molar-refractivity contribution in [2.45, 2.75) is 76.9 Å². The maximum absolute atomic E-state index is 12.6. The van der Waals surface area contributed by atoms with E-state index in [1.165, 1.54) is 6.42 Å². The first-order valence-corrected chi connectivity index (χ1v) is 9.22. The number of hydrogen-bond acceptors (Lipinski definition) is 3. The highest BCUT2D eigenvalue weighted by Crippen LogP contribution is 2.62. The largest absolute Gasteiger partial charge is 0.390 e. The van der Waals surface area contributed by atoms with Crippen molar-refractivity contribution in [2.24, 2.45) is 17.3 Å². The molecule has 4 aliphatic rings. The molecule has 24 heavy (non-hydrogen) atoms. The number of carbonyl (C=O) groups is 1. The zero-order valence-electron chi connectivity index (χ0n) is 15.0. The van der Waals surface area contributed by atoms with Gasteiger partial charge in [0.05, 0.1) is 23.0 Å². The van der Waals surface area contributed by atoms with Gasteiger partial charge in [-0.2, -0.15) is 5.10 Å². The topological polar surface area (TPSA) is 67.2 Å². The van der Waals surface area contributed by atoms with Crippen molar-refractivity contribution in [1.29, 1.82) is 0 Å². The number of carbonyl (C=O) groups excluding carboxylic acids is 1. The van der Waals surface area contributed by atoms with E-state index in [0.717, 1.165) is 37.8 Å². The van der Waals surface area contributed by atoms with Crippen molar-refractivity contribution < 1.29 is 9.90 Å². The van der Waals surface area contributed by atoms with Crippen LogP contribution in [0.3, 0.4) is 0 Å². The molecule has 4 fully saturated rings. The first-order chi connectivity index (χ1) is 11.1. The second-order valence-corrected chi connectivity index (χ2v) is 9.75. The predicted octanol–water partition coefficient (Wildman–Crippen LogP) is 3.30. The molecule has 2 atom stereocenters. The molecule has 132 valence electrons. The average molecular weight is 331 g/mol. The maximum Gasteiger partial charge on any atom is 0.225 e. The molecule has 0 spiro atoms. The van der Waals surface area contributed by atoms with Gasteiger partial charge in [-0.1, -0.05) is 0 Å². The maximum atomic E-state index is 12.6. The lowest BCUT2D eigenvalue weighted by Crippen LogP contribution is -2.56. The second kappa shape index (κ2) is 5.07. The Morgan fingerprint density at radius 2 is 2.00 bits per heavy atom. The molecule has 0 saturated heterocycles. The van der Waals surface area contributed by atoms with Crippen LogP contribution in [0.5, 0.6) is 0 Å². The SMILES string of the molecule is CC(C)(C)n1cc(NC(=O)CC23CC4CC(CC(O)(C4)C2)C3)cn1. The van der Waals surface area contributed by atoms with E-state index in [-0.39, 0.29) is 16.9 Å². The fourth-order valence-corrected chi connectivity index (χ4v) is 5.91. The van der Waals surface area contributed by atoms with Crippen molar-refractivity contribution in [3.8, 4) is 0 Å². The quantitative estimate of drug-likeness (QED) is 0.893. The van der Waals surface area contributed by atoms with Crippen molar-refractivity contribution in [3.05, 3.63) is 12.4 Å². The number of rotatable bonds is 3. The monoisotopic (exact) mass is 331 g/mol. The van der Waals surface area contributed by atoms with Crippen LogP contribution in [-0.2, 0) is 10.3 Å². The Labute approximate surface area is 143 Å². The molecule has 1 aromatic heterocycles. The lowest BCUT2D eigenvalue weighted by atomic mass is 9.47. The molecule has 1 aromatic rings. The standard InChI is InChI=1S/C19H29N3O2/c1-17(2,3)22-11-15(10-20-22)21-16(23)9-18-5-13-4-14(6-18)8-19(24,7-13)12-18/h10-11,13-14,24H,4-9,12H2,1-3H3,(H,21,23). The summed E-state index contributed by atoms with van der Waals surface area (Å²) in [7, 11) is 0. The van der Waals surface area contributed by atoms with Crippen LogP contribution in [-0.4, -0.2) is 26.4 Å². The Bertz CT molecular complexity index is 644. The minimum Gasteiger partial charge on any atom is -0.390 e. The molecule has 4 saturated carbocycles. The number of nitrogens with zero attached hydrogens (tertiary/aromatic N) is 2. The Kier molecular flexibility index (Phi) is 3.41. The van der Waals surface area contributed by atoms with Crippen LogP contribution in [0.2, 0.25) is 0 Å². The van der Waals surface area contributed by atoms with Crippen LogP contribution in [0.25, 0.3) is 0 Å². The van der Waals surface area contributed by atoms with Crippen molar-refractivity contribution >= 4 is 11.6 Å². The van der Waals surface area contributed by atoms with Crippen LogP contribution in [0.1, 0.15) is 65.7 Å². The molecule has 5 rings (SSSR count). The molecular formula is C19H29N3O2. The fraction of sp³-hybridized carbons (Fsp3) is 0.789. The number of aliphatic hydroxyl groups is 1. The van der Waals surface area contributed by atoms with Crippen LogP contribution in [0.15, 0.2) is 12.4 Å². The summed E-state index contributed by atoms with van der Waals surface area (Å²) in [6, 6.07) is 0. The Morgan fingerprint density at radius 1 is 1.33 bits per heavy atom. The molecular weight excluding hydrogens is 302 g/mol. The van der Waals surface area contributed by atoms with E-state index in [9.17, 15) is 9.90 Å². The van der Waals surface area contributed by atoms with E-state index in [1.54, 1.807) is 6.20 Å². The van der Waals surface area contributed by atoms with E-state index in [1.807, 2.05) is 10.9 Å². The van der Waals surface area contributed by atoms with Crippen molar-refractivity contribution in [2.75, 3.05) is 5.32 Å². The molecule has 1 amide bonds. The molecule has 4 bridgehead atoms. The molecule has 5 heteroatoms. The molecule has 2 N–H and O–H groups in total. The third-order valence-corrected chi connectivity index (χ3v) is 6.24. The molecule has 2 unspecified atom stereocenters. The summed E-state index contributed by atoms with van der Waals surface area (Å²) in [5.74, 6) is 1.30. The third kappa shape index (κ3) is 2.87. The van der Waals surface area contributed by atoms with Crippen LogP contribution in [0, 0.1) is 17.3 Å². The summed E-state index contributed by atoms with van der Waals surface area (Å²) >= 11 is 0. The van der Waals surface area contributed by atoms with Gasteiger partial charge in [0, 0.05) is 12.6 Å². The highest BCUT2D eigenvalue weighted by Gasteiger charge is 2.57. The summed E-state index contributed by atoms with van der Waals surface area (Å²) in [4.78, 5) is 12.6. The van der Waals surface area contributed by atoms with Gasteiger partial charge >= 0.3 is 0 Å². The van der Waals surface area contributed by atoms with Gasteiger partial charge in [-0.3, -0.25) is 9.48 Å². The van der Waals surface area contributed by atoms with E-state index >= 15 is 0 Å². The van der Waals surface area contributed by atoms with E-state index < -0.39 is 5.60 Å². The smallest absolute Gasteiger partial charge is 0.225 e. The van der Waals surface area contributed by atoms with Crippen LogP contribution in [0.4, 0.5) is 5.69 Å². The number of nitrogens with one attached hydrogen (secondary N) is 1. The minimum atomic E-state index is -0.499. The number of aromatic nitrogens is 2. The zero-order chi connectivity index (χ0) is 17.2. The van der Waals surface area contributed by atoms with Crippen molar-refractivity contribution in [1.82, 2.24) is 9.78 Å². The van der Waals surface area contributed by atoms with Crippen molar-refractivity contribution in [3.63, 3.8) is 0 Å². The van der Waals surface area contributed by atoms with Gasteiger partial charge in [0.2, 0.25) is 5.91 Å². The van der Waals surface area contributed by atoms with E-state index in [2.05, 4.69) is 31.2 Å². The minimum absolute atomic E-state index is 0.0168. The van der Waals surface area contributed by atoms with Gasteiger partial charge < -0.3 is 10.4 Å². The van der Waals surface area contributed by atoms with E-state index in [0.29, 0.717) is 18.3 Å². The molecule has 5 nitrogen and oxygen atoms in total. The van der Waals surface area contributed by atoms with Gasteiger partial charge in [-0.25, -0.2) is 0 Å². The Balaban J connectivity index is 1.44. The van der Waals surface area contributed by atoms with E-state index in [4.69, 9.17) is 0 Å². The molecule has 0 aliphatic heterocycles. The number of hydrogen-bond donors (Lipinski definition) is 2. The zero-order valence-corrected chi connectivity index (χ0v) is 15.0. The van der Waals surface area contributed by atoms with Gasteiger partial charge in [-0.15, -0.1) is 0 Å². The highest BCUT2D eigenvalue weighted by atomic mass is 16.3. The summed E-state index contributed by atoms with van der Waals surface area (Å²) in [5.41, 5.74) is 0.190. The molecule has 4 aliphatic carbocycles.